The van der Waals surface area contributed by atoms with Crippen LogP contribution in [0.2, 0.25) is 0 Å². The van der Waals surface area contributed by atoms with Gasteiger partial charge < -0.3 is 9.32 Å². The van der Waals surface area contributed by atoms with Crippen LogP contribution in [0.1, 0.15) is 56.0 Å². The van der Waals surface area contributed by atoms with E-state index in [0.717, 1.165) is 34.2 Å². The number of piperidine rings is 1. The third-order valence-corrected chi connectivity index (χ3v) is 8.16. The van der Waals surface area contributed by atoms with E-state index in [1.165, 1.54) is 28.8 Å². The maximum atomic E-state index is 6.47. The van der Waals surface area contributed by atoms with E-state index in [0.29, 0.717) is 6.04 Å². The number of fused-ring (bicyclic) bond motifs is 5. The molecule has 4 heterocycles. The predicted octanol–water partition coefficient (Wildman–Crippen LogP) is 6.77. The van der Waals surface area contributed by atoms with Crippen molar-refractivity contribution in [1.29, 1.82) is 0 Å². The summed E-state index contributed by atoms with van der Waals surface area (Å²) in [4.78, 5) is 7.35. The van der Waals surface area contributed by atoms with E-state index in [-0.39, 0.29) is 11.0 Å². The average Bonchev–Trinajstić information content (AvgIpc) is 3.09. The highest BCUT2D eigenvalue weighted by molar-refractivity contribution is 6.08. The first-order valence-electron chi connectivity index (χ1n) is 11.0. The lowest BCUT2D eigenvalue weighted by atomic mass is 9.56. The lowest BCUT2D eigenvalue weighted by Gasteiger charge is -2.63. The number of benzene rings is 2. The minimum absolute atomic E-state index is 0.0465. The van der Waals surface area contributed by atoms with E-state index in [4.69, 9.17) is 4.42 Å². The second kappa shape index (κ2) is 5.66. The van der Waals surface area contributed by atoms with Crippen LogP contribution in [0.15, 0.2) is 52.9 Å². The van der Waals surface area contributed by atoms with Gasteiger partial charge in [0.2, 0.25) is 5.71 Å². The van der Waals surface area contributed by atoms with Gasteiger partial charge in [0.25, 0.3) is 0 Å². The van der Waals surface area contributed by atoms with E-state index < -0.39 is 0 Å². The van der Waals surface area contributed by atoms with Crippen LogP contribution in [0.4, 0.5) is 5.69 Å². The van der Waals surface area contributed by atoms with Gasteiger partial charge in [0.05, 0.1) is 11.2 Å². The van der Waals surface area contributed by atoms with Gasteiger partial charge in [0.1, 0.15) is 0 Å². The zero-order chi connectivity index (χ0) is 20.8. The molecule has 7 rings (SSSR count). The molecule has 3 nitrogen and oxygen atoms in total. The summed E-state index contributed by atoms with van der Waals surface area (Å²) in [6.07, 6.45) is 2.37. The summed E-state index contributed by atoms with van der Waals surface area (Å²) in [6, 6.07) is 18.1. The van der Waals surface area contributed by atoms with Gasteiger partial charge in [-0.1, -0.05) is 43.3 Å². The van der Waals surface area contributed by atoms with Crippen molar-refractivity contribution in [3.05, 3.63) is 70.9 Å². The van der Waals surface area contributed by atoms with Crippen molar-refractivity contribution in [2.45, 2.75) is 64.5 Å². The molecule has 2 bridgehead atoms. The fourth-order valence-corrected chi connectivity index (χ4v) is 6.26. The Morgan fingerprint density at radius 2 is 1.67 bits per heavy atom. The average molecular weight is 397 g/mol. The van der Waals surface area contributed by atoms with Crippen LogP contribution < -0.4 is 4.90 Å². The molecule has 1 fully saturated rings. The Kier molecular flexibility index (Phi) is 3.40. The Bertz CT molecular complexity index is 1340. The Hall–Kier alpha value is -2.81. The van der Waals surface area contributed by atoms with Gasteiger partial charge >= 0.3 is 0 Å². The molecule has 2 aliphatic heterocycles. The van der Waals surface area contributed by atoms with Gasteiger partial charge in [-0.2, -0.15) is 0 Å². The maximum Gasteiger partial charge on any atom is 0.227 e. The minimum atomic E-state index is -0.0465. The lowest BCUT2D eigenvalue weighted by molar-refractivity contribution is 0.166. The molecule has 4 aromatic rings. The van der Waals surface area contributed by atoms with Crippen LogP contribution in [0.3, 0.4) is 0 Å². The van der Waals surface area contributed by atoms with E-state index >= 15 is 0 Å². The molecule has 1 saturated heterocycles. The summed E-state index contributed by atoms with van der Waals surface area (Å²) in [7, 11) is 0. The van der Waals surface area contributed by atoms with Crippen molar-refractivity contribution in [2.75, 3.05) is 4.90 Å². The summed E-state index contributed by atoms with van der Waals surface area (Å²) >= 11 is 0. The maximum absolute atomic E-state index is 6.47. The number of aryl methyl sites for hydroxylation is 2. The van der Waals surface area contributed by atoms with E-state index in [9.17, 15) is 0 Å². The van der Waals surface area contributed by atoms with Crippen molar-refractivity contribution in [2.24, 2.45) is 0 Å². The van der Waals surface area contributed by atoms with Crippen LogP contribution >= 0.6 is 0 Å². The zero-order valence-electron chi connectivity index (χ0n) is 18.4. The Morgan fingerprint density at radius 1 is 0.933 bits per heavy atom. The first-order chi connectivity index (χ1) is 14.3. The van der Waals surface area contributed by atoms with Gasteiger partial charge in [0.15, 0.2) is 5.58 Å². The first-order valence-corrected chi connectivity index (χ1v) is 11.0. The van der Waals surface area contributed by atoms with Crippen LogP contribution in [-0.2, 0) is 11.0 Å². The van der Waals surface area contributed by atoms with Gasteiger partial charge in [-0.25, -0.2) is 4.98 Å². The Morgan fingerprint density at radius 3 is 2.47 bits per heavy atom. The highest BCUT2D eigenvalue weighted by Gasteiger charge is 2.56. The standard InChI is InChI=1S/C27H28N2O/c1-16-10-12-19-20-13-11-17(2)28-25(20)30-24(19)23(16)29-18(3)26(4)14-15-27(29,5)22-9-7-6-8-21(22)26/h6-13,18H,14-15H2,1-5H3. The Labute approximate surface area is 177 Å². The number of nitrogens with zero attached hydrogens (tertiary/aromatic N) is 2. The van der Waals surface area contributed by atoms with Crippen LogP contribution in [-0.4, -0.2) is 11.0 Å². The fourth-order valence-electron chi connectivity index (χ4n) is 6.26. The minimum Gasteiger partial charge on any atom is -0.436 e. The third-order valence-electron chi connectivity index (χ3n) is 8.16. The van der Waals surface area contributed by atoms with Gasteiger partial charge in [-0.15, -0.1) is 0 Å². The molecule has 3 heteroatoms. The number of rotatable bonds is 1. The van der Waals surface area contributed by atoms with Gasteiger partial charge in [0, 0.05) is 27.9 Å². The molecule has 30 heavy (non-hydrogen) atoms. The number of hydrogen-bond acceptors (Lipinski definition) is 3. The van der Waals surface area contributed by atoms with Crippen molar-refractivity contribution in [3.63, 3.8) is 0 Å². The monoisotopic (exact) mass is 396 g/mol. The third kappa shape index (κ3) is 2.03. The van der Waals surface area contributed by atoms with Gasteiger partial charge in [-0.05, 0) is 69.4 Å². The summed E-state index contributed by atoms with van der Waals surface area (Å²) in [5.74, 6) is 0. The van der Waals surface area contributed by atoms with Gasteiger partial charge in [-0.3, -0.25) is 0 Å². The number of aromatic nitrogens is 1. The predicted molar refractivity (Wildman–Crippen MR) is 123 cm³/mol. The molecule has 2 aromatic heterocycles. The lowest BCUT2D eigenvalue weighted by Crippen LogP contribution is -2.65. The topological polar surface area (TPSA) is 29.3 Å². The highest BCUT2D eigenvalue weighted by Crippen LogP contribution is 2.59. The number of anilines is 1. The van der Waals surface area contributed by atoms with E-state index in [2.05, 4.69) is 86.1 Å². The van der Waals surface area contributed by atoms with Crippen LogP contribution in [0.25, 0.3) is 22.1 Å². The molecule has 0 spiro atoms. The molecular formula is C27H28N2O. The molecule has 3 aliphatic rings. The number of furan rings is 1. The first kappa shape index (κ1) is 18.0. The molecule has 2 aromatic carbocycles. The summed E-state index contributed by atoms with van der Waals surface area (Å²) in [6.45, 7) is 11.5. The number of pyridine rings is 1. The van der Waals surface area contributed by atoms with Crippen molar-refractivity contribution in [1.82, 2.24) is 4.98 Å². The molecule has 0 saturated carbocycles. The molecular weight excluding hydrogens is 368 g/mol. The van der Waals surface area contributed by atoms with E-state index in [1.54, 1.807) is 0 Å². The highest BCUT2D eigenvalue weighted by atomic mass is 16.3. The fraction of sp³-hybridized carbons (Fsp3) is 0.370. The summed E-state index contributed by atoms with van der Waals surface area (Å²) < 4.78 is 6.47. The van der Waals surface area contributed by atoms with Crippen molar-refractivity contribution >= 4 is 27.8 Å². The summed E-state index contributed by atoms with van der Waals surface area (Å²) in [5.41, 5.74) is 8.27. The van der Waals surface area contributed by atoms with Crippen molar-refractivity contribution < 1.29 is 4.42 Å². The molecule has 1 aliphatic carbocycles. The van der Waals surface area contributed by atoms with Crippen LogP contribution in [0, 0.1) is 13.8 Å². The second-order valence-electron chi connectivity index (χ2n) is 9.80. The molecule has 3 unspecified atom stereocenters. The number of hydrogen-bond donors (Lipinski definition) is 0. The quantitative estimate of drug-likeness (QED) is 0.355. The summed E-state index contributed by atoms with van der Waals surface area (Å²) in [5, 5.41) is 2.26. The SMILES string of the molecule is Cc1ccc2c(n1)oc1c(N3C(C)C4(C)CCC3(C)c3ccccc34)c(C)ccc12. The van der Waals surface area contributed by atoms with Crippen LogP contribution in [0.5, 0.6) is 0 Å². The molecule has 0 amide bonds. The molecule has 0 N–H and O–H groups in total. The molecule has 0 radical (unpaired) electrons. The normalized spacial score (nSPS) is 27.8. The Balaban J connectivity index is 1.69. The zero-order valence-corrected chi connectivity index (χ0v) is 18.4. The molecule has 152 valence electrons. The largest absolute Gasteiger partial charge is 0.436 e. The van der Waals surface area contributed by atoms with E-state index in [1.807, 2.05) is 6.92 Å². The van der Waals surface area contributed by atoms with Crippen molar-refractivity contribution in [3.8, 4) is 0 Å². The second-order valence-corrected chi connectivity index (χ2v) is 9.80. The smallest absolute Gasteiger partial charge is 0.227 e. The molecule has 3 atom stereocenters.